The standard InChI is InChI=1S/C12H15ClO3/c13-10-4-1-9(2-5-10)3-6-12-15-8-11(7-14)16-12/h1-2,4-5,11-12,14H,3,6-8H2/t11-,12+/m1/s1. The van der Waals surface area contributed by atoms with E-state index in [1.165, 1.54) is 5.56 Å². The lowest BCUT2D eigenvalue weighted by molar-refractivity contribution is -0.0686. The van der Waals surface area contributed by atoms with Gasteiger partial charge in [0.2, 0.25) is 0 Å². The Morgan fingerprint density at radius 2 is 2.06 bits per heavy atom. The van der Waals surface area contributed by atoms with E-state index in [4.69, 9.17) is 26.2 Å². The summed E-state index contributed by atoms with van der Waals surface area (Å²) in [5.74, 6) is 0. The zero-order valence-corrected chi connectivity index (χ0v) is 9.69. The van der Waals surface area contributed by atoms with Crippen molar-refractivity contribution in [3.8, 4) is 0 Å². The second-order valence-corrected chi connectivity index (χ2v) is 4.31. The summed E-state index contributed by atoms with van der Waals surface area (Å²) in [4.78, 5) is 0. The smallest absolute Gasteiger partial charge is 0.158 e. The summed E-state index contributed by atoms with van der Waals surface area (Å²) < 4.78 is 10.9. The lowest BCUT2D eigenvalue weighted by Gasteiger charge is -2.10. The Bertz CT molecular complexity index is 326. The lowest BCUT2D eigenvalue weighted by atomic mass is 10.1. The molecule has 1 aliphatic heterocycles. The molecular formula is C12H15ClO3. The van der Waals surface area contributed by atoms with Gasteiger partial charge in [0, 0.05) is 11.4 Å². The van der Waals surface area contributed by atoms with Crippen molar-refractivity contribution in [2.45, 2.75) is 25.2 Å². The Hall–Kier alpha value is -0.610. The second kappa shape index (κ2) is 5.64. The Balaban J connectivity index is 1.77. The van der Waals surface area contributed by atoms with Crippen LogP contribution in [-0.2, 0) is 15.9 Å². The number of hydrogen-bond donors (Lipinski definition) is 1. The minimum Gasteiger partial charge on any atom is -0.394 e. The highest BCUT2D eigenvalue weighted by Gasteiger charge is 2.24. The highest BCUT2D eigenvalue weighted by molar-refractivity contribution is 6.30. The van der Waals surface area contributed by atoms with Crippen molar-refractivity contribution >= 4 is 11.6 Å². The van der Waals surface area contributed by atoms with Gasteiger partial charge in [0.25, 0.3) is 0 Å². The van der Waals surface area contributed by atoms with Crippen LogP contribution in [0.5, 0.6) is 0 Å². The third kappa shape index (κ3) is 3.19. The van der Waals surface area contributed by atoms with Crippen LogP contribution in [0.1, 0.15) is 12.0 Å². The van der Waals surface area contributed by atoms with Crippen LogP contribution in [-0.4, -0.2) is 30.7 Å². The predicted octanol–water partition coefficient (Wildman–Crippen LogP) is 2.01. The number of aliphatic hydroxyl groups excluding tert-OH is 1. The summed E-state index contributed by atoms with van der Waals surface area (Å²) in [7, 11) is 0. The van der Waals surface area contributed by atoms with Crippen molar-refractivity contribution in [1.82, 2.24) is 0 Å². The molecule has 0 bridgehead atoms. The fourth-order valence-corrected chi connectivity index (χ4v) is 1.82. The molecular weight excluding hydrogens is 228 g/mol. The topological polar surface area (TPSA) is 38.7 Å². The number of aliphatic hydroxyl groups is 1. The van der Waals surface area contributed by atoms with Crippen molar-refractivity contribution in [3.05, 3.63) is 34.9 Å². The highest BCUT2D eigenvalue weighted by atomic mass is 35.5. The van der Waals surface area contributed by atoms with Crippen LogP contribution in [0, 0.1) is 0 Å². The maximum absolute atomic E-state index is 8.88. The van der Waals surface area contributed by atoms with Crippen molar-refractivity contribution in [3.63, 3.8) is 0 Å². The third-order valence-corrected chi connectivity index (χ3v) is 2.85. The highest BCUT2D eigenvalue weighted by Crippen LogP contribution is 2.17. The van der Waals surface area contributed by atoms with Gasteiger partial charge in [-0.3, -0.25) is 0 Å². The van der Waals surface area contributed by atoms with Crippen LogP contribution in [0.3, 0.4) is 0 Å². The summed E-state index contributed by atoms with van der Waals surface area (Å²) in [5, 5.41) is 9.63. The molecule has 1 fully saturated rings. The molecule has 4 heteroatoms. The molecule has 1 aliphatic rings. The number of halogens is 1. The van der Waals surface area contributed by atoms with Gasteiger partial charge in [0.1, 0.15) is 6.10 Å². The number of ether oxygens (including phenoxy) is 2. The number of hydrogen-bond acceptors (Lipinski definition) is 3. The quantitative estimate of drug-likeness (QED) is 0.878. The summed E-state index contributed by atoms with van der Waals surface area (Å²) in [5.41, 5.74) is 1.21. The van der Waals surface area contributed by atoms with Crippen molar-refractivity contribution < 1.29 is 14.6 Å². The van der Waals surface area contributed by atoms with E-state index >= 15 is 0 Å². The summed E-state index contributed by atoms with van der Waals surface area (Å²) in [6.07, 6.45) is 1.35. The normalized spacial score (nSPS) is 24.9. The predicted molar refractivity (Wildman–Crippen MR) is 61.5 cm³/mol. The largest absolute Gasteiger partial charge is 0.394 e. The van der Waals surface area contributed by atoms with E-state index in [1.807, 2.05) is 24.3 Å². The van der Waals surface area contributed by atoms with E-state index in [0.29, 0.717) is 6.61 Å². The molecule has 0 saturated carbocycles. The Morgan fingerprint density at radius 1 is 1.31 bits per heavy atom. The molecule has 2 rings (SSSR count). The van der Waals surface area contributed by atoms with Crippen molar-refractivity contribution in [2.75, 3.05) is 13.2 Å². The molecule has 0 aliphatic carbocycles. The Labute approximate surface area is 99.9 Å². The van der Waals surface area contributed by atoms with Crippen LogP contribution < -0.4 is 0 Å². The van der Waals surface area contributed by atoms with Crippen LogP contribution in [0.15, 0.2) is 24.3 Å². The monoisotopic (exact) mass is 242 g/mol. The molecule has 1 N–H and O–H groups in total. The van der Waals surface area contributed by atoms with Gasteiger partial charge in [-0.15, -0.1) is 0 Å². The van der Waals surface area contributed by atoms with E-state index in [2.05, 4.69) is 0 Å². The molecule has 0 aromatic heterocycles. The molecule has 0 spiro atoms. The molecule has 1 aromatic rings. The van der Waals surface area contributed by atoms with E-state index in [9.17, 15) is 0 Å². The first-order valence-corrected chi connectivity index (χ1v) is 5.78. The Morgan fingerprint density at radius 3 is 2.69 bits per heavy atom. The molecule has 2 atom stereocenters. The summed E-state index contributed by atoms with van der Waals surface area (Å²) in [6, 6.07) is 7.76. The molecule has 3 nitrogen and oxygen atoms in total. The molecule has 0 amide bonds. The zero-order chi connectivity index (χ0) is 11.4. The van der Waals surface area contributed by atoms with Crippen LogP contribution >= 0.6 is 11.6 Å². The molecule has 1 heterocycles. The van der Waals surface area contributed by atoms with E-state index < -0.39 is 0 Å². The first kappa shape index (κ1) is 11.9. The SMILES string of the molecule is OC[C@@H]1CO[C@H](CCc2ccc(Cl)cc2)O1. The van der Waals surface area contributed by atoms with E-state index in [-0.39, 0.29) is 19.0 Å². The van der Waals surface area contributed by atoms with Crippen molar-refractivity contribution in [1.29, 1.82) is 0 Å². The average molecular weight is 243 g/mol. The maximum atomic E-state index is 8.88. The first-order chi connectivity index (χ1) is 7.78. The lowest BCUT2D eigenvalue weighted by Crippen LogP contribution is -2.16. The molecule has 1 saturated heterocycles. The van der Waals surface area contributed by atoms with Crippen LogP contribution in [0.2, 0.25) is 5.02 Å². The van der Waals surface area contributed by atoms with Crippen LogP contribution in [0.4, 0.5) is 0 Å². The van der Waals surface area contributed by atoms with E-state index in [1.54, 1.807) is 0 Å². The molecule has 0 unspecified atom stereocenters. The number of benzene rings is 1. The molecule has 0 radical (unpaired) electrons. The van der Waals surface area contributed by atoms with Gasteiger partial charge in [-0.1, -0.05) is 23.7 Å². The minimum absolute atomic E-state index is 0.0252. The minimum atomic E-state index is -0.187. The molecule has 16 heavy (non-hydrogen) atoms. The first-order valence-electron chi connectivity index (χ1n) is 5.40. The fourth-order valence-electron chi connectivity index (χ4n) is 1.69. The van der Waals surface area contributed by atoms with Gasteiger partial charge in [0.05, 0.1) is 13.2 Å². The van der Waals surface area contributed by atoms with Gasteiger partial charge < -0.3 is 14.6 Å². The molecule has 1 aromatic carbocycles. The maximum Gasteiger partial charge on any atom is 0.158 e. The zero-order valence-electron chi connectivity index (χ0n) is 8.93. The van der Waals surface area contributed by atoms with Crippen molar-refractivity contribution in [2.24, 2.45) is 0 Å². The van der Waals surface area contributed by atoms with Gasteiger partial charge in [0.15, 0.2) is 6.29 Å². The van der Waals surface area contributed by atoms with Gasteiger partial charge >= 0.3 is 0 Å². The third-order valence-electron chi connectivity index (χ3n) is 2.60. The molecule has 88 valence electrons. The van der Waals surface area contributed by atoms with Crippen LogP contribution in [0.25, 0.3) is 0 Å². The average Bonchev–Trinajstić information content (AvgIpc) is 2.76. The Kier molecular flexibility index (Phi) is 4.18. The van der Waals surface area contributed by atoms with Gasteiger partial charge in [-0.05, 0) is 24.1 Å². The summed E-state index contributed by atoms with van der Waals surface area (Å²) in [6.45, 7) is 0.513. The van der Waals surface area contributed by atoms with Gasteiger partial charge in [-0.2, -0.15) is 0 Å². The summed E-state index contributed by atoms with van der Waals surface area (Å²) >= 11 is 5.80. The number of rotatable bonds is 4. The number of aryl methyl sites for hydroxylation is 1. The second-order valence-electron chi connectivity index (χ2n) is 3.87. The van der Waals surface area contributed by atoms with Gasteiger partial charge in [-0.25, -0.2) is 0 Å². The fraction of sp³-hybridized carbons (Fsp3) is 0.500. The van der Waals surface area contributed by atoms with E-state index in [0.717, 1.165) is 17.9 Å².